The highest BCUT2D eigenvalue weighted by molar-refractivity contribution is 6.32. The number of nitrogens with one attached hydrogen (secondary N) is 2. The molecule has 7 heteroatoms. The molecule has 0 bridgehead atoms. The topological polar surface area (TPSA) is 96.9 Å². The zero-order chi connectivity index (χ0) is 15.2. The Balaban J connectivity index is 1.84. The van der Waals surface area contributed by atoms with Crippen molar-refractivity contribution >= 4 is 17.6 Å². The summed E-state index contributed by atoms with van der Waals surface area (Å²) in [5, 5.41) is 14.8. The molecule has 0 aliphatic carbocycles. The molecule has 3 N–H and O–H groups in total. The van der Waals surface area contributed by atoms with E-state index in [-0.39, 0.29) is 13.2 Å². The molecule has 1 amide bonds. The third kappa shape index (κ3) is 4.09. The molecule has 2 rings (SSSR count). The van der Waals surface area contributed by atoms with E-state index >= 15 is 0 Å². The van der Waals surface area contributed by atoms with Crippen molar-refractivity contribution in [2.75, 3.05) is 25.1 Å². The summed E-state index contributed by atoms with van der Waals surface area (Å²) in [5.41, 5.74) is 1.68. The van der Waals surface area contributed by atoms with E-state index in [1.807, 2.05) is 12.1 Å². The number of hydrogen-bond acceptors (Lipinski definition) is 6. The minimum absolute atomic E-state index is 0.174. The molecule has 1 heterocycles. The van der Waals surface area contributed by atoms with Crippen LogP contribution >= 0.6 is 0 Å². The molecule has 0 radical (unpaired) electrons. The fourth-order valence-corrected chi connectivity index (χ4v) is 1.94. The lowest BCUT2D eigenvalue weighted by Gasteiger charge is -2.24. The van der Waals surface area contributed by atoms with Crippen molar-refractivity contribution in [3.8, 4) is 5.75 Å². The molecule has 1 aliphatic heterocycles. The third-order valence-corrected chi connectivity index (χ3v) is 2.92. The zero-order valence-corrected chi connectivity index (χ0v) is 11.7. The van der Waals surface area contributed by atoms with Gasteiger partial charge in [-0.3, -0.25) is 4.79 Å². The monoisotopic (exact) mass is 294 g/mol. The standard InChI is InChI=1S/C14H18N2O5/c1-2-20-14(19)13(18)15-6-5-9-3-4-10-11(7-9)21-8-12(17)16-10/h3-4,7,12,16-17H,2,5-6,8H2,1H3,(H,15,18)/t12-/m1/s1. The van der Waals surface area contributed by atoms with Gasteiger partial charge in [0.05, 0.1) is 12.3 Å². The molecular weight excluding hydrogens is 276 g/mol. The van der Waals surface area contributed by atoms with Crippen LogP contribution in [0.1, 0.15) is 12.5 Å². The van der Waals surface area contributed by atoms with Gasteiger partial charge in [-0.2, -0.15) is 0 Å². The van der Waals surface area contributed by atoms with Crippen LogP contribution in [-0.4, -0.2) is 43.0 Å². The van der Waals surface area contributed by atoms with Crippen molar-refractivity contribution in [2.45, 2.75) is 19.6 Å². The van der Waals surface area contributed by atoms with Crippen molar-refractivity contribution in [1.82, 2.24) is 5.32 Å². The number of amides is 1. The number of benzene rings is 1. The number of hydrogen-bond donors (Lipinski definition) is 3. The molecule has 1 aromatic rings. The molecule has 1 aromatic carbocycles. The van der Waals surface area contributed by atoms with Gasteiger partial charge >= 0.3 is 11.9 Å². The van der Waals surface area contributed by atoms with Crippen molar-refractivity contribution in [2.24, 2.45) is 0 Å². The first-order valence-electron chi connectivity index (χ1n) is 6.75. The number of rotatable bonds is 4. The second-order valence-electron chi connectivity index (χ2n) is 4.53. The fourth-order valence-electron chi connectivity index (χ4n) is 1.94. The van der Waals surface area contributed by atoms with Crippen LogP contribution in [0.3, 0.4) is 0 Å². The molecule has 114 valence electrons. The van der Waals surface area contributed by atoms with Gasteiger partial charge in [-0.25, -0.2) is 4.79 Å². The van der Waals surface area contributed by atoms with Crippen molar-refractivity contribution in [3.05, 3.63) is 23.8 Å². The van der Waals surface area contributed by atoms with E-state index in [9.17, 15) is 14.7 Å². The van der Waals surface area contributed by atoms with Crippen LogP contribution in [-0.2, 0) is 20.7 Å². The average Bonchev–Trinajstić information content (AvgIpc) is 2.47. The average molecular weight is 294 g/mol. The summed E-state index contributed by atoms with van der Waals surface area (Å²) in [4.78, 5) is 22.5. The predicted octanol–water partition coefficient (Wildman–Crippen LogP) is 0.0311. The van der Waals surface area contributed by atoms with Crippen molar-refractivity contribution in [1.29, 1.82) is 0 Å². The first kappa shape index (κ1) is 15.1. The van der Waals surface area contributed by atoms with E-state index in [4.69, 9.17) is 4.74 Å². The quantitative estimate of drug-likeness (QED) is 0.535. The summed E-state index contributed by atoms with van der Waals surface area (Å²) in [5.74, 6) is -0.949. The van der Waals surface area contributed by atoms with Gasteiger partial charge in [-0.05, 0) is 31.0 Å². The third-order valence-electron chi connectivity index (χ3n) is 2.92. The molecule has 0 aromatic heterocycles. The van der Waals surface area contributed by atoms with Gasteiger partial charge in [0.2, 0.25) is 0 Å². The van der Waals surface area contributed by atoms with Crippen LogP contribution in [0.4, 0.5) is 5.69 Å². The van der Waals surface area contributed by atoms with E-state index in [1.165, 1.54) is 0 Å². The van der Waals surface area contributed by atoms with Gasteiger partial charge in [0.25, 0.3) is 0 Å². The lowest BCUT2D eigenvalue weighted by atomic mass is 10.1. The Morgan fingerprint density at radius 3 is 3.10 bits per heavy atom. The van der Waals surface area contributed by atoms with E-state index < -0.39 is 18.1 Å². The Morgan fingerprint density at radius 2 is 2.33 bits per heavy atom. The van der Waals surface area contributed by atoms with Crippen LogP contribution in [0.5, 0.6) is 5.75 Å². The zero-order valence-electron chi connectivity index (χ0n) is 11.7. The number of ether oxygens (including phenoxy) is 2. The normalized spacial score (nSPS) is 16.2. The molecule has 0 unspecified atom stereocenters. The number of aliphatic hydroxyl groups is 1. The SMILES string of the molecule is CCOC(=O)C(=O)NCCc1ccc2c(c1)OC[C@@H](O)N2. The van der Waals surface area contributed by atoms with Crippen molar-refractivity contribution < 1.29 is 24.2 Å². The van der Waals surface area contributed by atoms with Crippen LogP contribution < -0.4 is 15.4 Å². The summed E-state index contributed by atoms with van der Waals surface area (Å²) >= 11 is 0. The Hall–Kier alpha value is -2.28. The maximum atomic E-state index is 11.3. The number of carbonyl (C=O) groups is 2. The number of aliphatic hydroxyl groups excluding tert-OH is 1. The first-order valence-corrected chi connectivity index (χ1v) is 6.75. The molecule has 0 fully saturated rings. The van der Waals surface area contributed by atoms with E-state index in [2.05, 4.69) is 15.4 Å². The second kappa shape index (κ2) is 6.94. The summed E-state index contributed by atoms with van der Waals surface area (Å²) in [6.45, 7) is 2.33. The highest BCUT2D eigenvalue weighted by Crippen LogP contribution is 2.29. The smallest absolute Gasteiger partial charge is 0.396 e. The van der Waals surface area contributed by atoms with Gasteiger partial charge < -0.3 is 25.2 Å². The van der Waals surface area contributed by atoms with Crippen LogP contribution in [0, 0.1) is 0 Å². The largest absolute Gasteiger partial charge is 0.487 e. The Kier molecular flexibility index (Phi) is 4.99. The lowest BCUT2D eigenvalue weighted by Crippen LogP contribution is -2.34. The minimum atomic E-state index is -0.871. The summed E-state index contributed by atoms with van der Waals surface area (Å²) in [7, 11) is 0. The van der Waals surface area contributed by atoms with Crippen LogP contribution in [0.25, 0.3) is 0 Å². The van der Waals surface area contributed by atoms with E-state index in [0.717, 1.165) is 11.3 Å². The summed E-state index contributed by atoms with van der Waals surface area (Å²) < 4.78 is 9.99. The van der Waals surface area contributed by atoms with Gasteiger partial charge in [-0.15, -0.1) is 0 Å². The Bertz CT molecular complexity index is 532. The number of anilines is 1. The van der Waals surface area contributed by atoms with Crippen molar-refractivity contribution in [3.63, 3.8) is 0 Å². The molecule has 21 heavy (non-hydrogen) atoms. The number of esters is 1. The molecule has 1 aliphatic rings. The Morgan fingerprint density at radius 1 is 1.52 bits per heavy atom. The molecule has 7 nitrogen and oxygen atoms in total. The minimum Gasteiger partial charge on any atom is -0.487 e. The molecular formula is C14H18N2O5. The number of carbonyl (C=O) groups excluding carboxylic acids is 2. The lowest BCUT2D eigenvalue weighted by molar-refractivity contribution is -0.154. The highest BCUT2D eigenvalue weighted by Gasteiger charge is 2.17. The highest BCUT2D eigenvalue weighted by atomic mass is 16.5. The summed E-state index contributed by atoms with van der Waals surface area (Å²) in [6.07, 6.45) is -0.142. The summed E-state index contributed by atoms with van der Waals surface area (Å²) in [6, 6.07) is 5.51. The maximum absolute atomic E-state index is 11.3. The molecule has 0 saturated heterocycles. The molecule has 0 saturated carbocycles. The van der Waals surface area contributed by atoms with Gasteiger partial charge in [0.15, 0.2) is 6.23 Å². The predicted molar refractivity (Wildman–Crippen MR) is 74.9 cm³/mol. The van der Waals surface area contributed by atoms with Gasteiger partial charge in [0, 0.05) is 6.54 Å². The maximum Gasteiger partial charge on any atom is 0.396 e. The second-order valence-corrected chi connectivity index (χ2v) is 4.53. The van der Waals surface area contributed by atoms with E-state index in [0.29, 0.717) is 18.7 Å². The van der Waals surface area contributed by atoms with Crippen LogP contribution in [0.2, 0.25) is 0 Å². The van der Waals surface area contributed by atoms with Gasteiger partial charge in [0.1, 0.15) is 12.4 Å². The van der Waals surface area contributed by atoms with Gasteiger partial charge in [-0.1, -0.05) is 6.07 Å². The fraction of sp³-hybridized carbons (Fsp3) is 0.429. The molecule has 0 spiro atoms. The Labute approximate surface area is 122 Å². The molecule has 1 atom stereocenters. The van der Waals surface area contributed by atoms with E-state index in [1.54, 1.807) is 13.0 Å². The number of fused-ring (bicyclic) bond motifs is 1. The first-order chi connectivity index (χ1) is 10.1. The van der Waals surface area contributed by atoms with Crippen LogP contribution in [0.15, 0.2) is 18.2 Å².